The lowest BCUT2D eigenvalue weighted by atomic mass is 10.2. The fourth-order valence-electron chi connectivity index (χ4n) is 2.72. The molecule has 0 aliphatic rings. The number of aryl methyl sites for hydroxylation is 3. The van der Waals surface area contributed by atoms with Gasteiger partial charge >= 0.3 is 0 Å². The van der Waals surface area contributed by atoms with Crippen molar-refractivity contribution >= 4 is 0 Å². The molecule has 0 fully saturated rings. The Morgan fingerprint density at radius 1 is 1.04 bits per heavy atom. The summed E-state index contributed by atoms with van der Waals surface area (Å²) in [7, 11) is 0. The van der Waals surface area contributed by atoms with E-state index in [0.717, 1.165) is 35.0 Å². The summed E-state index contributed by atoms with van der Waals surface area (Å²) in [6.07, 6.45) is 3.92. The van der Waals surface area contributed by atoms with Crippen LogP contribution in [-0.2, 0) is 19.6 Å². The van der Waals surface area contributed by atoms with Gasteiger partial charge in [0.15, 0.2) is 0 Å². The normalized spacial score (nSPS) is 12.9. The van der Waals surface area contributed by atoms with Gasteiger partial charge in [0, 0.05) is 37.5 Å². The predicted molar refractivity (Wildman–Crippen MR) is 88.2 cm³/mol. The van der Waals surface area contributed by atoms with Crippen molar-refractivity contribution in [3.8, 4) is 0 Å². The van der Waals surface area contributed by atoms with Crippen LogP contribution in [0.5, 0.6) is 0 Å². The lowest BCUT2D eigenvalue weighted by Crippen LogP contribution is -2.35. The van der Waals surface area contributed by atoms with Gasteiger partial charge in [-0.3, -0.25) is 9.58 Å². The molecule has 1 atom stereocenters. The second kappa shape index (κ2) is 7.00. The summed E-state index contributed by atoms with van der Waals surface area (Å²) in [5.74, 6) is 1.63. The van der Waals surface area contributed by atoms with E-state index in [4.69, 9.17) is 9.05 Å². The van der Waals surface area contributed by atoms with Gasteiger partial charge in [0.1, 0.15) is 11.5 Å². The molecule has 3 aromatic heterocycles. The fourth-order valence-corrected chi connectivity index (χ4v) is 2.72. The minimum atomic E-state index is 0.248. The summed E-state index contributed by atoms with van der Waals surface area (Å²) in [5.41, 5.74) is 2.99. The summed E-state index contributed by atoms with van der Waals surface area (Å²) in [4.78, 5) is 2.30. The average Bonchev–Trinajstić information content (AvgIpc) is 3.22. The first-order chi connectivity index (χ1) is 11.5. The third-order valence-corrected chi connectivity index (χ3v) is 3.92. The summed E-state index contributed by atoms with van der Waals surface area (Å²) in [6.45, 7) is 10.2. The average molecular weight is 329 g/mol. The quantitative estimate of drug-likeness (QED) is 0.663. The van der Waals surface area contributed by atoms with Gasteiger partial charge in [0.25, 0.3) is 0 Å². The molecule has 7 nitrogen and oxygen atoms in total. The molecule has 7 heteroatoms. The van der Waals surface area contributed by atoms with E-state index in [1.807, 2.05) is 43.8 Å². The van der Waals surface area contributed by atoms with Crippen molar-refractivity contribution in [2.45, 2.75) is 53.4 Å². The second-order valence-corrected chi connectivity index (χ2v) is 6.35. The maximum atomic E-state index is 5.19. The summed E-state index contributed by atoms with van der Waals surface area (Å²) >= 11 is 0. The van der Waals surface area contributed by atoms with Crippen LogP contribution in [0.4, 0.5) is 0 Å². The minimum absolute atomic E-state index is 0.248. The van der Waals surface area contributed by atoms with Crippen molar-refractivity contribution in [3.63, 3.8) is 0 Å². The third kappa shape index (κ3) is 4.11. The lowest BCUT2D eigenvalue weighted by Gasteiger charge is -2.27. The van der Waals surface area contributed by atoms with Crippen LogP contribution < -0.4 is 0 Å². The molecular weight excluding hydrogens is 306 g/mol. The van der Waals surface area contributed by atoms with Crippen LogP contribution in [0.25, 0.3) is 0 Å². The molecule has 0 aliphatic carbocycles. The molecule has 0 amide bonds. The van der Waals surface area contributed by atoms with Crippen molar-refractivity contribution < 1.29 is 9.05 Å². The maximum Gasteiger partial charge on any atom is 0.133 e. The first-order valence-electron chi connectivity index (χ1n) is 8.07. The molecule has 0 aliphatic heterocycles. The zero-order valence-corrected chi connectivity index (χ0v) is 14.6. The third-order valence-electron chi connectivity index (χ3n) is 3.92. The van der Waals surface area contributed by atoms with Crippen molar-refractivity contribution in [1.82, 2.24) is 25.0 Å². The molecular formula is C17H23N5O2. The molecule has 0 N–H and O–H groups in total. The summed E-state index contributed by atoms with van der Waals surface area (Å²) < 4.78 is 12.4. The van der Waals surface area contributed by atoms with E-state index in [1.54, 1.807) is 0 Å². The Bertz CT molecular complexity index is 746. The van der Waals surface area contributed by atoms with Gasteiger partial charge in [0.2, 0.25) is 0 Å². The zero-order valence-electron chi connectivity index (χ0n) is 14.6. The van der Waals surface area contributed by atoms with E-state index in [1.165, 1.54) is 0 Å². The number of aromatic nitrogens is 4. The van der Waals surface area contributed by atoms with Crippen LogP contribution in [0.15, 0.2) is 33.6 Å². The van der Waals surface area contributed by atoms with Gasteiger partial charge in [0.05, 0.1) is 24.1 Å². The molecule has 128 valence electrons. The molecule has 0 aromatic carbocycles. The second-order valence-electron chi connectivity index (χ2n) is 6.35. The van der Waals surface area contributed by atoms with Crippen LogP contribution in [0.2, 0.25) is 0 Å². The van der Waals surface area contributed by atoms with Crippen LogP contribution >= 0.6 is 0 Å². The molecule has 0 saturated carbocycles. The zero-order chi connectivity index (χ0) is 17.1. The highest BCUT2D eigenvalue weighted by Crippen LogP contribution is 2.15. The van der Waals surface area contributed by atoms with Gasteiger partial charge in [-0.25, -0.2) is 0 Å². The van der Waals surface area contributed by atoms with Gasteiger partial charge < -0.3 is 9.05 Å². The van der Waals surface area contributed by atoms with Gasteiger partial charge in [-0.2, -0.15) is 5.10 Å². The number of rotatable bonds is 7. The fraction of sp³-hybridized carbons (Fsp3) is 0.471. The van der Waals surface area contributed by atoms with E-state index in [9.17, 15) is 0 Å². The van der Waals surface area contributed by atoms with Crippen molar-refractivity contribution in [2.75, 3.05) is 0 Å². The Morgan fingerprint density at radius 3 is 2.04 bits per heavy atom. The first kappa shape index (κ1) is 16.4. The molecule has 1 unspecified atom stereocenters. The van der Waals surface area contributed by atoms with Crippen LogP contribution in [0.3, 0.4) is 0 Å². The molecule has 0 saturated heterocycles. The molecule has 0 radical (unpaired) electrons. The van der Waals surface area contributed by atoms with E-state index in [0.29, 0.717) is 13.1 Å². The van der Waals surface area contributed by atoms with Gasteiger partial charge in [-0.05, 0) is 33.3 Å². The van der Waals surface area contributed by atoms with E-state index < -0.39 is 0 Å². The number of hydrogen-bond donors (Lipinski definition) is 0. The Labute approximate surface area is 141 Å². The van der Waals surface area contributed by atoms with E-state index in [2.05, 4.69) is 33.4 Å². The van der Waals surface area contributed by atoms with Crippen molar-refractivity contribution in [2.24, 2.45) is 0 Å². The predicted octanol–water partition coefficient (Wildman–Crippen LogP) is 2.88. The van der Waals surface area contributed by atoms with Crippen LogP contribution in [0.1, 0.15) is 35.4 Å². The highest BCUT2D eigenvalue weighted by Gasteiger charge is 2.19. The first-order valence-corrected chi connectivity index (χ1v) is 8.07. The SMILES string of the molecule is Cc1cnn(CC(C)N(Cc2cc(C)on2)Cc2cc(C)on2)c1. The van der Waals surface area contributed by atoms with E-state index >= 15 is 0 Å². The van der Waals surface area contributed by atoms with E-state index in [-0.39, 0.29) is 6.04 Å². The smallest absolute Gasteiger partial charge is 0.133 e. The van der Waals surface area contributed by atoms with Crippen LogP contribution in [-0.4, -0.2) is 31.0 Å². The Morgan fingerprint density at radius 2 is 1.62 bits per heavy atom. The molecule has 0 bridgehead atoms. The topological polar surface area (TPSA) is 73.1 Å². The highest BCUT2D eigenvalue weighted by molar-refractivity contribution is 5.07. The minimum Gasteiger partial charge on any atom is -0.361 e. The summed E-state index contributed by atoms with van der Waals surface area (Å²) in [5, 5.41) is 12.6. The molecule has 3 aromatic rings. The largest absolute Gasteiger partial charge is 0.361 e. The monoisotopic (exact) mass is 329 g/mol. The molecule has 3 heterocycles. The molecule has 3 rings (SSSR count). The van der Waals surface area contributed by atoms with Gasteiger partial charge in [-0.15, -0.1) is 0 Å². The highest BCUT2D eigenvalue weighted by atomic mass is 16.5. The maximum absolute atomic E-state index is 5.19. The Balaban J connectivity index is 1.74. The summed E-state index contributed by atoms with van der Waals surface area (Å²) in [6, 6.07) is 4.18. The van der Waals surface area contributed by atoms with Gasteiger partial charge in [-0.1, -0.05) is 10.3 Å². The van der Waals surface area contributed by atoms with Crippen LogP contribution in [0, 0.1) is 20.8 Å². The Kier molecular flexibility index (Phi) is 4.80. The van der Waals surface area contributed by atoms with Crippen molar-refractivity contribution in [1.29, 1.82) is 0 Å². The number of nitrogens with zero attached hydrogens (tertiary/aromatic N) is 5. The molecule has 24 heavy (non-hydrogen) atoms. The Hall–Kier alpha value is -2.41. The standard InChI is InChI=1S/C17H23N5O2/c1-12-7-18-22(8-12)9-13(2)21(10-16-5-14(3)23-19-16)11-17-6-15(4)24-20-17/h5-8,13H,9-11H2,1-4H3. The molecule has 0 spiro atoms. The number of hydrogen-bond acceptors (Lipinski definition) is 6. The van der Waals surface area contributed by atoms with Crippen molar-refractivity contribution in [3.05, 3.63) is 53.0 Å². The lowest BCUT2D eigenvalue weighted by molar-refractivity contribution is 0.161.